The summed E-state index contributed by atoms with van der Waals surface area (Å²) in [5.41, 5.74) is 15.9. The van der Waals surface area contributed by atoms with Gasteiger partial charge in [-0.3, -0.25) is 0 Å². The molecule has 7 nitrogen and oxygen atoms in total. The Morgan fingerprint density at radius 3 is 2.83 bits per heavy atom. The number of esters is 1. The number of carbonyl (C=O) groups is 1. The number of aryl methyl sites for hydroxylation is 1. The molecule has 0 bridgehead atoms. The minimum Gasteiger partial charge on any atom is -0.462 e. The van der Waals surface area contributed by atoms with Crippen LogP contribution >= 0.6 is 0 Å². The van der Waals surface area contributed by atoms with Gasteiger partial charge >= 0.3 is 5.97 Å². The first-order valence-corrected chi connectivity index (χ1v) is 7.18. The van der Waals surface area contributed by atoms with Crippen LogP contribution in [0.1, 0.15) is 22.8 Å². The fraction of sp³-hybridized carbons (Fsp3) is 0.188. The molecule has 0 unspecified atom stereocenters. The van der Waals surface area contributed by atoms with Crippen LogP contribution in [0.2, 0.25) is 0 Å². The summed E-state index contributed by atoms with van der Waals surface area (Å²) in [6.45, 7) is 3.95. The van der Waals surface area contributed by atoms with E-state index in [1.54, 1.807) is 19.2 Å². The fourth-order valence-electron chi connectivity index (χ4n) is 2.52. The first-order valence-electron chi connectivity index (χ1n) is 7.18. The topological polar surface area (TPSA) is 109 Å². The van der Waals surface area contributed by atoms with Gasteiger partial charge in [0.1, 0.15) is 11.8 Å². The zero-order valence-corrected chi connectivity index (χ0v) is 12.9. The Morgan fingerprint density at radius 2 is 2.13 bits per heavy atom. The zero-order chi connectivity index (χ0) is 16.6. The summed E-state index contributed by atoms with van der Waals surface area (Å²) in [5.74, 6) is -0.137. The molecule has 23 heavy (non-hydrogen) atoms. The molecule has 0 saturated carbocycles. The van der Waals surface area contributed by atoms with E-state index in [4.69, 9.17) is 16.2 Å². The Morgan fingerprint density at radius 1 is 1.35 bits per heavy atom. The molecule has 2 aromatic heterocycles. The third-order valence-electron chi connectivity index (χ3n) is 3.66. The summed E-state index contributed by atoms with van der Waals surface area (Å²) >= 11 is 0. The molecule has 0 aliphatic heterocycles. The Balaban J connectivity index is 2.33. The van der Waals surface area contributed by atoms with Crippen molar-refractivity contribution in [2.24, 2.45) is 0 Å². The summed E-state index contributed by atoms with van der Waals surface area (Å²) in [4.78, 5) is 16.3. The van der Waals surface area contributed by atoms with Crippen LogP contribution in [0.25, 0.3) is 16.6 Å². The Bertz CT molecular complexity index is 901. The van der Waals surface area contributed by atoms with Crippen LogP contribution < -0.4 is 11.5 Å². The minimum absolute atomic E-state index is 0.284. The largest absolute Gasteiger partial charge is 0.462 e. The van der Waals surface area contributed by atoms with Gasteiger partial charge < -0.3 is 16.2 Å². The van der Waals surface area contributed by atoms with Crippen LogP contribution in [0, 0.1) is 6.92 Å². The number of hydrogen-bond acceptors (Lipinski definition) is 6. The van der Waals surface area contributed by atoms with Crippen molar-refractivity contribution in [2.45, 2.75) is 13.8 Å². The Hall–Kier alpha value is -3.09. The molecule has 0 atom stereocenters. The van der Waals surface area contributed by atoms with E-state index in [0.29, 0.717) is 28.1 Å². The number of fused-ring (bicyclic) bond motifs is 1. The van der Waals surface area contributed by atoms with Gasteiger partial charge in [-0.1, -0.05) is 6.07 Å². The van der Waals surface area contributed by atoms with E-state index in [-0.39, 0.29) is 6.61 Å². The quantitative estimate of drug-likeness (QED) is 0.566. The van der Waals surface area contributed by atoms with Crippen molar-refractivity contribution in [3.8, 4) is 11.1 Å². The summed E-state index contributed by atoms with van der Waals surface area (Å²) in [7, 11) is 0. The van der Waals surface area contributed by atoms with Gasteiger partial charge in [0.15, 0.2) is 5.82 Å². The molecule has 3 aromatic rings. The molecule has 0 amide bonds. The highest BCUT2D eigenvalue weighted by Gasteiger charge is 2.22. The number of carbonyl (C=O) groups excluding carboxylic acids is 1. The van der Waals surface area contributed by atoms with Crippen LogP contribution in [0.4, 0.5) is 11.5 Å². The molecule has 0 spiro atoms. The molecular weight excluding hydrogens is 294 g/mol. The van der Waals surface area contributed by atoms with Gasteiger partial charge in [0, 0.05) is 17.4 Å². The van der Waals surface area contributed by atoms with Crippen LogP contribution in [0.5, 0.6) is 0 Å². The van der Waals surface area contributed by atoms with Crippen molar-refractivity contribution in [1.29, 1.82) is 0 Å². The number of nitrogens with zero attached hydrogens (tertiary/aromatic N) is 3. The van der Waals surface area contributed by atoms with Gasteiger partial charge in [-0.05, 0) is 37.1 Å². The predicted octanol–water partition coefficient (Wildman–Crippen LogP) is 2.05. The van der Waals surface area contributed by atoms with Crippen LogP contribution in [0.15, 0.2) is 30.7 Å². The Kier molecular flexibility index (Phi) is 3.61. The average molecular weight is 311 g/mol. The maximum Gasteiger partial charge on any atom is 0.340 e. The van der Waals surface area contributed by atoms with E-state index in [1.165, 1.54) is 10.8 Å². The number of anilines is 2. The van der Waals surface area contributed by atoms with E-state index < -0.39 is 5.97 Å². The molecule has 0 fully saturated rings. The molecule has 0 saturated heterocycles. The van der Waals surface area contributed by atoms with Gasteiger partial charge in [-0.2, -0.15) is 5.10 Å². The Labute approximate surface area is 132 Å². The van der Waals surface area contributed by atoms with Crippen LogP contribution in [0.3, 0.4) is 0 Å². The molecule has 1 aromatic carbocycles. The summed E-state index contributed by atoms with van der Waals surface area (Å²) in [6, 6.07) is 5.54. The molecular formula is C16H17N5O2. The van der Waals surface area contributed by atoms with Gasteiger partial charge in [0.2, 0.25) is 0 Å². The molecule has 118 valence electrons. The maximum atomic E-state index is 12.3. The molecule has 3 rings (SSSR count). The maximum absolute atomic E-state index is 12.3. The number of nitrogens with two attached hydrogens (primary N) is 2. The lowest BCUT2D eigenvalue weighted by atomic mass is 10.00. The van der Waals surface area contributed by atoms with Gasteiger partial charge in [0.05, 0.1) is 12.2 Å². The SMILES string of the molecule is CCOC(=O)c1cn2ncnc(N)c2c1-c1ccc(N)c(C)c1. The second-order valence-electron chi connectivity index (χ2n) is 5.15. The highest BCUT2D eigenvalue weighted by Crippen LogP contribution is 2.34. The van der Waals surface area contributed by atoms with Crippen LogP contribution in [-0.2, 0) is 4.74 Å². The third kappa shape index (κ3) is 2.46. The summed E-state index contributed by atoms with van der Waals surface area (Å²) < 4.78 is 6.68. The second-order valence-corrected chi connectivity index (χ2v) is 5.15. The molecule has 0 radical (unpaired) electrons. The number of nitrogen functional groups attached to an aromatic ring is 2. The molecule has 0 aliphatic rings. The van der Waals surface area contributed by atoms with E-state index >= 15 is 0 Å². The molecule has 7 heteroatoms. The van der Waals surface area contributed by atoms with E-state index in [0.717, 1.165) is 11.1 Å². The summed E-state index contributed by atoms with van der Waals surface area (Å²) in [6.07, 6.45) is 2.95. The van der Waals surface area contributed by atoms with Crippen molar-refractivity contribution >= 4 is 23.0 Å². The minimum atomic E-state index is -0.429. The van der Waals surface area contributed by atoms with Crippen molar-refractivity contribution in [2.75, 3.05) is 18.1 Å². The predicted molar refractivity (Wildman–Crippen MR) is 87.9 cm³/mol. The zero-order valence-electron chi connectivity index (χ0n) is 12.9. The lowest BCUT2D eigenvalue weighted by molar-refractivity contribution is 0.0527. The lowest BCUT2D eigenvalue weighted by Gasteiger charge is -2.08. The van der Waals surface area contributed by atoms with Crippen molar-refractivity contribution in [3.05, 3.63) is 41.9 Å². The van der Waals surface area contributed by atoms with E-state index in [1.807, 2.05) is 19.1 Å². The normalized spacial score (nSPS) is 10.9. The standard InChI is InChI=1S/C16H17N5O2/c1-3-23-16(22)11-7-21-14(15(18)19-8-20-21)13(11)10-4-5-12(17)9(2)6-10/h4-8H,3,17H2,1-2H3,(H2,18,19,20). The van der Waals surface area contributed by atoms with E-state index in [9.17, 15) is 4.79 Å². The van der Waals surface area contributed by atoms with Crippen LogP contribution in [-0.4, -0.2) is 27.2 Å². The lowest BCUT2D eigenvalue weighted by Crippen LogP contribution is -2.05. The fourth-order valence-corrected chi connectivity index (χ4v) is 2.52. The highest BCUT2D eigenvalue weighted by atomic mass is 16.5. The summed E-state index contributed by atoms with van der Waals surface area (Å²) in [5, 5.41) is 4.12. The smallest absolute Gasteiger partial charge is 0.340 e. The molecule has 4 N–H and O–H groups in total. The van der Waals surface area contributed by atoms with Crippen molar-refractivity contribution in [3.63, 3.8) is 0 Å². The number of ether oxygens (including phenoxy) is 1. The number of aromatic nitrogens is 3. The molecule has 0 aliphatic carbocycles. The number of rotatable bonds is 3. The van der Waals surface area contributed by atoms with Crippen molar-refractivity contribution < 1.29 is 9.53 Å². The molecule has 2 heterocycles. The van der Waals surface area contributed by atoms with Gasteiger partial charge in [-0.25, -0.2) is 14.3 Å². The first kappa shape index (κ1) is 14.8. The first-order chi connectivity index (χ1) is 11.0. The van der Waals surface area contributed by atoms with Gasteiger partial charge in [0.25, 0.3) is 0 Å². The third-order valence-corrected chi connectivity index (χ3v) is 3.66. The number of hydrogen-bond donors (Lipinski definition) is 2. The second kappa shape index (κ2) is 5.60. The van der Waals surface area contributed by atoms with E-state index in [2.05, 4.69) is 10.1 Å². The van der Waals surface area contributed by atoms with Gasteiger partial charge in [-0.15, -0.1) is 0 Å². The highest BCUT2D eigenvalue weighted by molar-refractivity contribution is 6.04. The van der Waals surface area contributed by atoms with Crippen molar-refractivity contribution in [1.82, 2.24) is 14.6 Å². The number of benzene rings is 1. The monoisotopic (exact) mass is 311 g/mol. The average Bonchev–Trinajstić information content (AvgIpc) is 2.91.